The summed E-state index contributed by atoms with van der Waals surface area (Å²) in [5.74, 6) is 0.259. The maximum atomic E-state index is 12.9. The Hall–Kier alpha value is -2.37. The normalized spacial score (nSPS) is 21.0. The average molecular weight is 326 g/mol. The molecule has 0 aromatic carbocycles. The summed E-state index contributed by atoms with van der Waals surface area (Å²) in [6.07, 6.45) is 5.46. The van der Waals surface area contributed by atoms with Gasteiger partial charge in [0, 0.05) is 50.4 Å². The third-order valence-electron chi connectivity index (χ3n) is 5.24. The zero-order chi connectivity index (χ0) is 16.7. The zero-order valence-electron chi connectivity index (χ0n) is 13.9. The number of hydrogen-bond donors (Lipinski definition) is 0. The molecule has 2 aromatic heterocycles. The van der Waals surface area contributed by atoms with Crippen LogP contribution in [-0.4, -0.2) is 57.7 Å². The summed E-state index contributed by atoms with van der Waals surface area (Å²) in [5.41, 5.74) is 4.49. The van der Waals surface area contributed by atoms with Crippen LogP contribution >= 0.6 is 0 Å². The molecule has 0 saturated carbocycles. The van der Waals surface area contributed by atoms with Crippen LogP contribution in [0.2, 0.25) is 0 Å². The maximum Gasteiger partial charge on any atom is 0.226 e. The Morgan fingerprint density at radius 1 is 1.25 bits per heavy atom. The molecule has 1 unspecified atom stereocenters. The Morgan fingerprint density at radius 2 is 2.04 bits per heavy atom. The SMILES string of the molecule is Cc1ccc2nc3c(n2c1)CC(C(=O)N1CCN(C=O)CC1)CC3. The molecule has 4 rings (SSSR count). The summed E-state index contributed by atoms with van der Waals surface area (Å²) in [5, 5.41) is 0. The number of pyridine rings is 1. The molecule has 1 aliphatic heterocycles. The van der Waals surface area contributed by atoms with E-state index in [0.29, 0.717) is 26.2 Å². The second-order valence-corrected chi connectivity index (χ2v) is 6.85. The lowest BCUT2D eigenvalue weighted by Crippen LogP contribution is -2.50. The molecule has 0 bridgehead atoms. The molecule has 1 fully saturated rings. The molecule has 2 amide bonds. The van der Waals surface area contributed by atoms with E-state index in [0.717, 1.165) is 37.0 Å². The van der Waals surface area contributed by atoms with Gasteiger partial charge in [-0.25, -0.2) is 4.98 Å². The first-order valence-corrected chi connectivity index (χ1v) is 8.60. The zero-order valence-corrected chi connectivity index (χ0v) is 13.9. The molecular formula is C18H22N4O2. The fraction of sp³-hybridized carbons (Fsp3) is 0.500. The van der Waals surface area contributed by atoms with Crippen molar-refractivity contribution in [3.05, 3.63) is 35.3 Å². The highest BCUT2D eigenvalue weighted by molar-refractivity contribution is 5.79. The van der Waals surface area contributed by atoms with Gasteiger partial charge in [-0.05, 0) is 31.4 Å². The van der Waals surface area contributed by atoms with Crippen molar-refractivity contribution in [3.63, 3.8) is 0 Å². The van der Waals surface area contributed by atoms with Crippen LogP contribution in [0.3, 0.4) is 0 Å². The topological polar surface area (TPSA) is 57.9 Å². The number of rotatable bonds is 2. The fourth-order valence-electron chi connectivity index (χ4n) is 3.83. The largest absolute Gasteiger partial charge is 0.342 e. The summed E-state index contributed by atoms with van der Waals surface area (Å²) in [6, 6.07) is 4.12. The Bertz CT molecular complexity index is 790. The molecule has 2 aromatic rings. The van der Waals surface area contributed by atoms with Crippen LogP contribution in [0.5, 0.6) is 0 Å². The number of amides is 2. The van der Waals surface area contributed by atoms with Crippen LogP contribution < -0.4 is 0 Å². The van der Waals surface area contributed by atoms with Crippen LogP contribution in [0.25, 0.3) is 5.65 Å². The van der Waals surface area contributed by atoms with Gasteiger partial charge in [0.25, 0.3) is 0 Å². The number of fused-ring (bicyclic) bond motifs is 3. The maximum absolute atomic E-state index is 12.9. The Morgan fingerprint density at radius 3 is 2.79 bits per heavy atom. The standard InChI is InChI=1S/C18H22N4O2/c1-13-2-5-17-19-15-4-3-14(10-16(15)22(17)11-13)18(24)21-8-6-20(12-23)7-9-21/h2,5,11-12,14H,3-4,6-10H2,1H3. The predicted molar refractivity (Wildman–Crippen MR) is 89.7 cm³/mol. The highest BCUT2D eigenvalue weighted by atomic mass is 16.2. The lowest BCUT2D eigenvalue weighted by molar-refractivity contribution is -0.139. The third kappa shape index (κ3) is 2.56. The predicted octanol–water partition coefficient (Wildman–Crippen LogP) is 1.05. The average Bonchev–Trinajstić information content (AvgIpc) is 2.98. The van der Waals surface area contributed by atoms with Crippen molar-refractivity contribution in [3.8, 4) is 0 Å². The van der Waals surface area contributed by atoms with Crippen molar-refractivity contribution in [1.82, 2.24) is 19.2 Å². The van der Waals surface area contributed by atoms with Crippen LogP contribution in [0.4, 0.5) is 0 Å². The van der Waals surface area contributed by atoms with E-state index in [9.17, 15) is 9.59 Å². The molecule has 1 atom stereocenters. The highest BCUT2D eigenvalue weighted by Gasteiger charge is 2.32. The van der Waals surface area contributed by atoms with Crippen LogP contribution in [0, 0.1) is 12.8 Å². The fourth-order valence-corrected chi connectivity index (χ4v) is 3.83. The van der Waals surface area contributed by atoms with Crippen LogP contribution in [0.15, 0.2) is 18.3 Å². The smallest absolute Gasteiger partial charge is 0.226 e. The second kappa shape index (κ2) is 5.92. The number of piperazine rings is 1. The van der Waals surface area contributed by atoms with Crippen LogP contribution in [-0.2, 0) is 22.4 Å². The molecule has 0 spiro atoms. The second-order valence-electron chi connectivity index (χ2n) is 6.85. The highest BCUT2D eigenvalue weighted by Crippen LogP contribution is 2.28. The van der Waals surface area contributed by atoms with Gasteiger partial charge in [-0.15, -0.1) is 0 Å². The molecule has 3 heterocycles. The van der Waals surface area contributed by atoms with E-state index in [2.05, 4.69) is 23.6 Å². The monoisotopic (exact) mass is 326 g/mol. The third-order valence-corrected chi connectivity index (χ3v) is 5.24. The summed E-state index contributed by atoms with van der Waals surface area (Å²) in [4.78, 5) is 32.0. The molecule has 0 radical (unpaired) electrons. The number of hydrogen-bond acceptors (Lipinski definition) is 3. The van der Waals surface area contributed by atoms with Crippen molar-refractivity contribution in [2.45, 2.75) is 26.2 Å². The lowest BCUT2D eigenvalue weighted by Gasteiger charge is -2.35. The van der Waals surface area contributed by atoms with Gasteiger partial charge in [0.05, 0.1) is 5.69 Å². The summed E-state index contributed by atoms with van der Waals surface area (Å²) >= 11 is 0. The molecular weight excluding hydrogens is 304 g/mol. The van der Waals surface area contributed by atoms with Gasteiger partial charge in [0.15, 0.2) is 0 Å². The first kappa shape index (κ1) is 15.2. The number of carbonyl (C=O) groups is 2. The van der Waals surface area contributed by atoms with E-state index in [1.165, 1.54) is 11.3 Å². The number of nitrogens with zero attached hydrogens (tertiary/aromatic N) is 4. The molecule has 0 N–H and O–H groups in total. The van der Waals surface area contributed by atoms with Crippen molar-refractivity contribution in [2.75, 3.05) is 26.2 Å². The summed E-state index contributed by atoms with van der Waals surface area (Å²) in [7, 11) is 0. The van der Waals surface area contributed by atoms with E-state index in [4.69, 9.17) is 4.98 Å². The van der Waals surface area contributed by atoms with E-state index < -0.39 is 0 Å². The number of aryl methyl sites for hydroxylation is 2. The van der Waals surface area contributed by atoms with Crippen molar-refractivity contribution in [2.24, 2.45) is 5.92 Å². The number of aromatic nitrogens is 2. The summed E-state index contributed by atoms with van der Waals surface area (Å²) in [6.45, 7) is 4.65. The van der Waals surface area contributed by atoms with Gasteiger partial charge in [-0.1, -0.05) is 6.07 Å². The molecule has 2 aliphatic rings. The van der Waals surface area contributed by atoms with Crippen molar-refractivity contribution >= 4 is 18.0 Å². The molecule has 126 valence electrons. The molecule has 24 heavy (non-hydrogen) atoms. The first-order valence-electron chi connectivity index (χ1n) is 8.60. The van der Waals surface area contributed by atoms with E-state index in [1.54, 1.807) is 4.90 Å². The minimum absolute atomic E-state index is 0.0284. The Balaban J connectivity index is 1.53. The van der Waals surface area contributed by atoms with Gasteiger partial charge in [0.2, 0.25) is 12.3 Å². The van der Waals surface area contributed by atoms with Gasteiger partial charge in [-0.2, -0.15) is 0 Å². The minimum Gasteiger partial charge on any atom is -0.342 e. The minimum atomic E-state index is 0.0284. The van der Waals surface area contributed by atoms with Gasteiger partial charge >= 0.3 is 0 Å². The van der Waals surface area contributed by atoms with E-state index >= 15 is 0 Å². The van der Waals surface area contributed by atoms with Gasteiger partial charge in [-0.3, -0.25) is 9.59 Å². The van der Waals surface area contributed by atoms with E-state index in [-0.39, 0.29) is 11.8 Å². The van der Waals surface area contributed by atoms with E-state index in [1.807, 2.05) is 11.0 Å². The summed E-state index contributed by atoms with van der Waals surface area (Å²) < 4.78 is 2.15. The first-order chi connectivity index (χ1) is 11.7. The number of imidazole rings is 1. The Labute approximate surface area is 141 Å². The van der Waals surface area contributed by atoms with Crippen LogP contribution in [0.1, 0.15) is 23.4 Å². The van der Waals surface area contributed by atoms with Gasteiger partial charge in [0.1, 0.15) is 5.65 Å². The molecule has 1 aliphatic carbocycles. The lowest BCUT2D eigenvalue weighted by atomic mass is 9.88. The molecule has 6 heteroatoms. The molecule has 6 nitrogen and oxygen atoms in total. The van der Waals surface area contributed by atoms with Crippen molar-refractivity contribution in [1.29, 1.82) is 0 Å². The van der Waals surface area contributed by atoms with Crippen molar-refractivity contribution < 1.29 is 9.59 Å². The molecule has 1 saturated heterocycles. The Kier molecular flexibility index (Phi) is 3.75. The number of carbonyl (C=O) groups excluding carboxylic acids is 2. The van der Waals surface area contributed by atoms with Gasteiger partial charge < -0.3 is 14.2 Å². The quantitative estimate of drug-likeness (QED) is 0.775.